The summed E-state index contributed by atoms with van der Waals surface area (Å²) in [5.41, 5.74) is 1.83. The monoisotopic (exact) mass is 460 g/mol. The Labute approximate surface area is 188 Å². The third-order valence-corrected chi connectivity index (χ3v) is 7.32. The average Bonchev–Trinajstić information content (AvgIpc) is 3.10. The number of rotatable bonds is 10. The number of aromatic nitrogens is 2. The predicted molar refractivity (Wildman–Crippen MR) is 123 cm³/mol. The Morgan fingerprint density at radius 2 is 1.88 bits per heavy atom. The largest absolute Gasteiger partial charge is 0.328 e. The van der Waals surface area contributed by atoms with E-state index in [1.54, 1.807) is 24.3 Å². The van der Waals surface area contributed by atoms with Crippen molar-refractivity contribution in [3.8, 4) is 0 Å². The zero-order chi connectivity index (χ0) is 23.3. The van der Waals surface area contributed by atoms with Crippen LogP contribution in [0.2, 0.25) is 0 Å². The fraction of sp³-hybridized carbons (Fsp3) is 0.391. The van der Waals surface area contributed by atoms with Gasteiger partial charge in [-0.05, 0) is 42.8 Å². The summed E-state index contributed by atoms with van der Waals surface area (Å²) < 4.78 is 42.5. The number of benzene rings is 2. The second-order valence-electron chi connectivity index (χ2n) is 7.48. The van der Waals surface area contributed by atoms with E-state index in [4.69, 9.17) is 0 Å². The number of hydrogen-bond donors (Lipinski definition) is 1. The molecule has 7 nitrogen and oxygen atoms in total. The number of sulfonamides is 1. The van der Waals surface area contributed by atoms with E-state index in [1.807, 2.05) is 25.3 Å². The molecular weight excluding hydrogens is 431 g/mol. The zero-order valence-electron chi connectivity index (χ0n) is 18.6. The van der Waals surface area contributed by atoms with Crippen molar-refractivity contribution < 1.29 is 17.6 Å². The summed E-state index contributed by atoms with van der Waals surface area (Å²) in [6.45, 7) is 7.16. The van der Waals surface area contributed by atoms with Crippen LogP contribution in [-0.2, 0) is 27.8 Å². The Balaban J connectivity index is 1.84. The van der Waals surface area contributed by atoms with Crippen LogP contribution in [0.3, 0.4) is 0 Å². The Morgan fingerprint density at radius 3 is 2.53 bits per heavy atom. The number of halogens is 1. The molecule has 0 saturated heterocycles. The highest BCUT2D eigenvalue weighted by molar-refractivity contribution is 7.89. The van der Waals surface area contributed by atoms with Crippen molar-refractivity contribution in [2.75, 3.05) is 18.4 Å². The van der Waals surface area contributed by atoms with Crippen molar-refractivity contribution in [2.24, 2.45) is 0 Å². The molecule has 1 N–H and O–H groups in total. The molecule has 0 radical (unpaired) electrons. The molecule has 0 spiro atoms. The van der Waals surface area contributed by atoms with Crippen LogP contribution >= 0.6 is 0 Å². The molecule has 9 heteroatoms. The number of hydrogen-bond acceptors (Lipinski definition) is 4. The number of anilines is 1. The molecule has 0 aliphatic rings. The molecular formula is C23H29FN4O3S. The summed E-state index contributed by atoms with van der Waals surface area (Å²) in [6.07, 6.45) is 1.43. The molecule has 0 bridgehead atoms. The third kappa shape index (κ3) is 5.16. The van der Waals surface area contributed by atoms with Crippen LogP contribution in [0.4, 0.5) is 10.1 Å². The van der Waals surface area contributed by atoms with Gasteiger partial charge in [-0.25, -0.2) is 17.8 Å². The summed E-state index contributed by atoms with van der Waals surface area (Å²) in [6, 6.07) is 10.8. The van der Waals surface area contributed by atoms with Crippen LogP contribution in [0, 0.1) is 5.82 Å². The predicted octanol–water partition coefficient (Wildman–Crippen LogP) is 4.19. The van der Waals surface area contributed by atoms with Gasteiger partial charge in [0.25, 0.3) is 0 Å². The van der Waals surface area contributed by atoms with E-state index >= 15 is 0 Å². The van der Waals surface area contributed by atoms with Crippen molar-refractivity contribution in [3.05, 3.63) is 54.1 Å². The second kappa shape index (κ2) is 10.2. The van der Waals surface area contributed by atoms with Gasteiger partial charge in [-0.3, -0.25) is 4.79 Å². The fourth-order valence-electron chi connectivity index (χ4n) is 3.71. The zero-order valence-corrected chi connectivity index (χ0v) is 19.5. The van der Waals surface area contributed by atoms with E-state index in [1.165, 1.54) is 22.5 Å². The highest BCUT2D eigenvalue weighted by atomic mass is 32.2. The number of nitrogens with zero attached hydrogens (tertiary/aromatic N) is 3. The summed E-state index contributed by atoms with van der Waals surface area (Å²) >= 11 is 0. The maximum Gasteiger partial charge on any atom is 0.243 e. The molecule has 0 aliphatic heterocycles. The van der Waals surface area contributed by atoms with E-state index in [0.717, 1.165) is 11.9 Å². The highest BCUT2D eigenvalue weighted by Gasteiger charge is 2.23. The van der Waals surface area contributed by atoms with Crippen LogP contribution < -0.4 is 5.32 Å². The lowest BCUT2D eigenvalue weighted by molar-refractivity contribution is -0.116. The second-order valence-corrected chi connectivity index (χ2v) is 9.42. The molecule has 0 atom stereocenters. The van der Waals surface area contributed by atoms with Gasteiger partial charge in [0.15, 0.2) is 0 Å². The third-order valence-electron chi connectivity index (χ3n) is 5.27. The van der Waals surface area contributed by atoms with Crippen molar-refractivity contribution in [3.63, 3.8) is 0 Å². The smallest absolute Gasteiger partial charge is 0.243 e. The first kappa shape index (κ1) is 23.9. The van der Waals surface area contributed by atoms with Crippen LogP contribution in [-0.4, -0.2) is 41.3 Å². The quantitative estimate of drug-likeness (QED) is 0.492. The lowest BCUT2D eigenvalue weighted by atomic mass is 10.2. The average molecular weight is 461 g/mol. The van der Waals surface area contributed by atoms with E-state index in [-0.39, 0.29) is 17.2 Å². The Hall–Kier alpha value is -2.78. The van der Waals surface area contributed by atoms with E-state index in [0.29, 0.717) is 43.1 Å². The molecule has 1 aromatic heterocycles. The first-order valence-corrected chi connectivity index (χ1v) is 12.3. The molecule has 0 saturated carbocycles. The van der Waals surface area contributed by atoms with Gasteiger partial charge < -0.3 is 9.88 Å². The first-order chi connectivity index (χ1) is 15.3. The number of fused-ring (bicyclic) bond motifs is 1. The summed E-state index contributed by atoms with van der Waals surface area (Å²) in [7, 11) is -3.58. The number of aryl methyl sites for hydroxylation is 2. The lowest BCUT2D eigenvalue weighted by Crippen LogP contribution is -2.30. The summed E-state index contributed by atoms with van der Waals surface area (Å²) in [4.78, 5) is 17.2. The van der Waals surface area contributed by atoms with E-state index in [9.17, 15) is 17.6 Å². The molecule has 172 valence electrons. The first-order valence-electron chi connectivity index (χ1n) is 10.8. The molecule has 1 amide bonds. The Bertz CT molecular complexity index is 1200. The standard InChI is InChI=1S/C23H29FN4O3S/c1-4-14-28-21-11-10-19(32(30,31)27(5-2)6-3)16-20(21)26-22(28)12-13-23(29)25-18-9-7-8-17(24)15-18/h7-11,15-16H,4-6,12-14H2,1-3H3,(H,25,29). The van der Waals surface area contributed by atoms with Crippen molar-refractivity contribution in [1.29, 1.82) is 0 Å². The van der Waals surface area contributed by atoms with Crippen LogP contribution in [0.5, 0.6) is 0 Å². The number of carbonyl (C=O) groups is 1. The molecule has 0 aliphatic carbocycles. The van der Waals surface area contributed by atoms with Crippen molar-refractivity contribution >= 4 is 32.7 Å². The molecule has 0 unspecified atom stereocenters. The van der Waals surface area contributed by atoms with Gasteiger partial charge in [-0.2, -0.15) is 4.31 Å². The van der Waals surface area contributed by atoms with Gasteiger partial charge in [-0.15, -0.1) is 0 Å². The van der Waals surface area contributed by atoms with Crippen LogP contribution in [0.15, 0.2) is 47.4 Å². The Morgan fingerprint density at radius 1 is 1.12 bits per heavy atom. The van der Waals surface area contributed by atoms with E-state index in [2.05, 4.69) is 10.3 Å². The number of nitrogens with one attached hydrogen (secondary N) is 1. The van der Waals surface area contributed by atoms with Crippen molar-refractivity contribution in [1.82, 2.24) is 13.9 Å². The highest BCUT2D eigenvalue weighted by Crippen LogP contribution is 2.24. The maximum atomic E-state index is 13.3. The van der Waals surface area contributed by atoms with Gasteiger partial charge in [-0.1, -0.05) is 26.8 Å². The molecule has 32 heavy (non-hydrogen) atoms. The van der Waals surface area contributed by atoms with Gasteiger partial charge in [0.2, 0.25) is 15.9 Å². The molecule has 3 rings (SSSR count). The van der Waals surface area contributed by atoms with Crippen LogP contribution in [0.1, 0.15) is 39.4 Å². The molecule has 0 fully saturated rings. The lowest BCUT2D eigenvalue weighted by Gasteiger charge is -2.18. The van der Waals surface area contributed by atoms with Gasteiger partial charge in [0, 0.05) is 38.2 Å². The van der Waals surface area contributed by atoms with Crippen LogP contribution in [0.25, 0.3) is 11.0 Å². The van der Waals surface area contributed by atoms with Crippen molar-refractivity contribution in [2.45, 2.75) is 51.5 Å². The number of carbonyl (C=O) groups excluding carboxylic acids is 1. The summed E-state index contributed by atoms with van der Waals surface area (Å²) in [5, 5.41) is 2.69. The molecule has 2 aromatic carbocycles. The number of imidazole rings is 1. The minimum atomic E-state index is -3.58. The summed E-state index contributed by atoms with van der Waals surface area (Å²) in [5.74, 6) is 0.0622. The molecule has 3 aromatic rings. The normalized spacial score (nSPS) is 11.9. The van der Waals surface area contributed by atoms with Gasteiger partial charge >= 0.3 is 0 Å². The Kier molecular flexibility index (Phi) is 7.63. The van der Waals surface area contributed by atoms with E-state index < -0.39 is 15.8 Å². The van der Waals surface area contributed by atoms with Gasteiger partial charge in [0.1, 0.15) is 11.6 Å². The SMILES string of the molecule is CCCn1c(CCC(=O)Nc2cccc(F)c2)nc2cc(S(=O)(=O)N(CC)CC)ccc21. The topological polar surface area (TPSA) is 84.3 Å². The van der Waals surface area contributed by atoms with Gasteiger partial charge in [0.05, 0.1) is 15.9 Å². The minimum Gasteiger partial charge on any atom is -0.328 e. The maximum absolute atomic E-state index is 13.3. The molecule has 1 heterocycles. The number of amides is 1. The fourth-order valence-corrected chi connectivity index (χ4v) is 5.19. The minimum absolute atomic E-state index is 0.175.